The minimum absolute atomic E-state index is 0.480. The molecule has 0 amide bonds. The lowest BCUT2D eigenvalue weighted by Gasteiger charge is -2.28. The van der Waals surface area contributed by atoms with Gasteiger partial charge in [-0.15, -0.1) is 0 Å². The number of methoxy groups -OCH3 is 1. The zero-order valence-electron chi connectivity index (χ0n) is 16.2. The van der Waals surface area contributed by atoms with E-state index < -0.39 is 0 Å². The number of benzene rings is 1. The van der Waals surface area contributed by atoms with Gasteiger partial charge < -0.3 is 20.4 Å². The van der Waals surface area contributed by atoms with Gasteiger partial charge in [0.25, 0.3) is 0 Å². The second-order valence-corrected chi connectivity index (χ2v) is 7.52. The number of hydrogen-bond donors (Lipinski definition) is 3. The van der Waals surface area contributed by atoms with E-state index in [0.717, 1.165) is 65.6 Å². The van der Waals surface area contributed by atoms with Gasteiger partial charge in [-0.05, 0) is 62.4 Å². The molecule has 3 aromatic rings. The first-order valence-electron chi connectivity index (χ1n) is 9.63. The van der Waals surface area contributed by atoms with Crippen LogP contribution in [0.15, 0.2) is 18.7 Å². The van der Waals surface area contributed by atoms with E-state index in [1.54, 1.807) is 13.4 Å². The fourth-order valence-electron chi connectivity index (χ4n) is 4.04. The highest BCUT2D eigenvalue weighted by molar-refractivity contribution is 6.31. The van der Waals surface area contributed by atoms with Gasteiger partial charge in [0.1, 0.15) is 17.6 Å². The molecule has 3 heterocycles. The molecule has 148 valence electrons. The minimum Gasteiger partial charge on any atom is -0.496 e. The van der Waals surface area contributed by atoms with Crippen LogP contribution < -0.4 is 15.4 Å². The summed E-state index contributed by atoms with van der Waals surface area (Å²) in [4.78, 5) is 15.7. The predicted molar refractivity (Wildman–Crippen MR) is 111 cm³/mol. The lowest BCUT2D eigenvalue weighted by molar-refractivity contribution is 0.386. The maximum Gasteiger partial charge on any atom is 0.182 e. The number of fused-ring (bicyclic) bond motifs is 1. The number of hydrogen-bond acceptors (Lipinski definition) is 6. The summed E-state index contributed by atoms with van der Waals surface area (Å²) in [6.45, 7) is 4.86. The van der Waals surface area contributed by atoms with Crippen LogP contribution in [0, 0.1) is 6.92 Å². The molecule has 0 atom stereocenters. The molecule has 2 aromatic heterocycles. The smallest absolute Gasteiger partial charge is 0.182 e. The first kappa shape index (κ1) is 19.0. The van der Waals surface area contributed by atoms with Gasteiger partial charge in [0.2, 0.25) is 0 Å². The van der Waals surface area contributed by atoms with Crippen molar-refractivity contribution in [1.82, 2.24) is 25.3 Å². The Kier molecular flexibility index (Phi) is 5.64. The third-order valence-electron chi connectivity index (χ3n) is 5.46. The summed E-state index contributed by atoms with van der Waals surface area (Å²) in [5.74, 6) is 2.20. The van der Waals surface area contributed by atoms with E-state index in [9.17, 15) is 0 Å². The standard InChI is InChI=1S/C20H25ClN6O/c1-12-15(21)9-14(18(28-2)16(12)13-3-6-22-7-4-13)5-8-23-19-17-20(25-10-24-17)27-11-26-19/h9-11,13,22H,3-8H2,1-2H3,(H2,23,24,25,26,27). The normalized spacial score (nSPS) is 15.1. The summed E-state index contributed by atoms with van der Waals surface area (Å²) >= 11 is 6.60. The largest absolute Gasteiger partial charge is 0.496 e. The molecule has 0 unspecified atom stereocenters. The van der Waals surface area contributed by atoms with E-state index in [1.807, 2.05) is 6.07 Å². The molecule has 0 bridgehead atoms. The Bertz CT molecular complexity index is 967. The number of imidazole rings is 1. The Morgan fingerprint density at radius 2 is 2.07 bits per heavy atom. The van der Waals surface area contributed by atoms with Crippen molar-refractivity contribution in [2.45, 2.75) is 32.1 Å². The lowest BCUT2D eigenvalue weighted by atomic mass is 9.85. The van der Waals surface area contributed by atoms with Crippen LogP contribution in [0.3, 0.4) is 0 Å². The van der Waals surface area contributed by atoms with Gasteiger partial charge in [0, 0.05) is 17.1 Å². The number of nitrogens with one attached hydrogen (secondary N) is 3. The van der Waals surface area contributed by atoms with Gasteiger partial charge in [-0.1, -0.05) is 11.6 Å². The minimum atomic E-state index is 0.480. The molecule has 1 fully saturated rings. The number of ether oxygens (including phenoxy) is 1. The Hall–Kier alpha value is -2.38. The summed E-state index contributed by atoms with van der Waals surface area (Å²) < 4.78 is 5.88. The number of aromatic nitrogens is 4. The average Bonchev–Trinajstić information content (AvgIpc) is 3.20. The van der Waals surface area contributed by atoms with E-state index in [4.69, 9.17) is 16.3 Å². The van der Waals surface area contributed by atoms with Crippen molar-refractivity contribution >= 4 is 28.6 Å². The van der Waals surface area contributed by atoms with Gasteiger partial charge in [0.05, 0.1) is 13.4 Å². The molecule has 7 nitrogen and oxygen atoms in total. The number of halogens is 1. The van der Waals surface area contributed by atoms with E-state index in [0.29, 0.717) is 18.1 Å². The Labute approximate surface area is 169 Å². The number of piperidine rings is 1. The van der Waals surface area contributed by atoms with Crippen LogP contribution in [0.2, 0.25) is 5.02 Å². The molecule has 1 aliphatic heterocycles. The summed E-state index contributed by atoms with van der Waals surface area (Å²) in [6.07, 6.45) is 6.13. The molecule has 0 radical (unpaired) electrons. The summed E-state index contributed by atoms with van der Waals surface area (Å²) in [5, 5.41) is 7.61. The Morgan fingerprint density at radius 1 is 1.25 bits per heavy atom. The van der Waals surface area contributed by atoms with Crippen molar-refractivity contribution in [2.24, 2.45) is 0 Å². The molecule has 1 aliphatic rings. The van der Waals surface area contributed by atoms with Crippen LogP contribution in [0.25, 0.3) is 11.2 Å². The van der Waals surface area contributed by atoms with Gasteiger partial charge in [0.15, 0.2) is 11.5 Å². The second-order valence-electron chi connectivity index (χ2n) is 7.11. The van der Waals surface area contributed by atoms with Crippen molar-refractivity contribution in [1.29, 1.82) is 0 Å². The van der Waals surface area contributed by atoms with Gasteiger partial charge in [-0.3, -0.25) is 0 Å². The monoisotopic (exact) mass is 400 g/mol. The molecule has 4 rings (SSSR count). The van der Waals surface area contributed by atoms with E-state index in [2.05, 4.69) is 37.5 Å². The lowest BCUT2D eigenvalue weighted by Crippen LogP contribution is -2.27. The topological polar surface area (TPSA) is 87.8 Å². The van der Waals surface area contributed by atoms with Crippen molar-refractivity contribution in [3.05, 3.63) is 40.4 Å². The third-order valence-corrected chi connectivity index (χ3v) is 5.85. The maximum atomic E-state index is 6.60. The van der Waals surface area contributed by atoms with E-state index in [-0.39, 0.29) is 0 Å². The number of H-pyrrole nitrogens is 1. The average molecular weight is 401 g/mol. The second kappa shape index (κ2) is 8.32. The fraction of sp³-hybridized carbons (Fsp3) is 0.450. The van der Waals surface area contributed by atoms with Crippen LogP contribution in [0.1, 0.15) is 35.4 Å². The number of nitrogens with zero attached hydrogens (tertiary/aromatic N) is 3. The molecule has 1 aromatic carbocycles. The first-order chi connectivity index (χ1) is 13.7. The van der Waals surface area contributed by atoms with Gasteiger partial charge in [-0.25, -0.2) is 15.0 Å². The fourth-order valence-corrected chi connectivity index (χ4v) is 4.28. The number of rotatable bonds is 6. The van der Waals surface area contributed by atoms with Crippen molar-refractivity contribution in [3.8, 4) is 5.75 Å². The quantitative estimate of drug-likeness (QED) is 0.587. The Morgan fingerprint density at radius 3 is 2.86 bits per heavy atom. The van der Waals surface area contributed by atoms with Gasteiger partial charge in [-0.2, -0.15) is 0 Å². The van der Waals surface area contributed by atoms with Crippen molar-refractivity contribution in [3.63, 3.8) is 0 Å². The molecule has 1 saturated heterocycles. The Balaban J connectivity index is 1.57. The molecule has 28 heavy (non-hydrogen) atoms. The molecule has 0 aliphatic carbocycles. The summed E-state index contributed by atoms with van der Waals surface area (Å²) in [5.41, 5.74) is 4.99. The summed E-state index contributed by atoms with van der Waals surface area (Å²) in [6, 6.07) is 2.04. The third kappa shape index (κ3) is 3.64. The highest BCUT2D eigenvalue weighted by Gasteiger charge is 2.24. The van der Waals surface area contributed by atoms with Crippen LogP contribution >= 0.6 is 11.6 Å². The van der Waals surface area contributed by atoms with Crippen molar-refractivity contribution in [2.75, 3.05) is 32.1 Å². The van der Waals surface area contributed by atoms with Crippen LogP contribution in [0.4, 0.5) is 5.82 Å². The van der Waals surface area contributed by atoms with Crippen LogP contribution in [-0.2, 0) is 6.42 Å². The highest BCUT2D eigenvalue weighted by atomic mass is 35.5. The molecular weight excluding hydrogens is 376 g/mol. The molecule has 0 saturated carbocycles. The summed E-state index contributed by atoms with van der Waals surface area (Å²) in [7, 11) is 1.75. The van der Waals surface area contributed by atoms with Crippen LogP contribution in [0.5, 0.6) is 5.75 Å². The van der Waals surface area contributed by atoms with Crippen molar-refractivity contribution < 1.29 is 4.74 Å². The number of anilines is 1. The maximum absolute atomic E-state index is 6.60. The molecular formula is C20H25ClN6O. The van der Waals surface area contributed by atoms with Crippen LogP contribution in [-0.4, -0.2) is 46.7 Å². The molecule has 3 N–H and O–H groups in total. The molecule has 0 spiro atoms. The zero-order valence-corrected chi connectivity index (χ0v) is 16.9. The van der Waals surface area contributed by atoms with E-state index in [1.165, 1.54) is 11.9 Å². The highest BCUT2D eigenvalue weighted by Crippen LogP contribution is 2.40. The van der Waals surface area contributed by atoms with E-state index >= 15 is 0 Å². The first-order valence-corrected chi connectivity index (χ1v) is 10.0. The van der Waals surface area contributed by atoms with Gasteiger partial charge >= 0.3 is 0 Å². The molecule has 8 heteroatoms. The predicted octanol–water partition coefficient (Wildman–Crippen LogP) is 3.44. The zero-order chi connectivity index (χ0) is 19.5. The SMILES string of the molecule is COc1c(CCNc2ncnc3nc[nH]c23)cc(Cl)c(C)c1C1CCNCC1. The number of aromatic amines is 1.